The molecular formula is C31H39N7O2. The van der Waals surface area contributed by atoms with Crippen molar-refractivity contribution in [2.24, 2.45) is 0 Å². The zero-order valence-corrected chi connectivity index (χ0v) is 24.4. The Bertz CT molecular complexity index is 1530. The van der Waals surface area contributed by atoms with Crippen molar-refractivity contribution in [3.05, 3.63) is 77.1 Å². The molecule has 0 saturated heterocycles. The lowest BCUT2D eigenvalue weighted by molar-refractivity contribution is 0.171. The van der Waals surface area contributed by atoms with Crippen LogP contribution in [0.5, 0.6) is 5.75 Å². The fourth-order valence-electron chi connectivity index (χ4n) is 5.05. The van der Waals surface area contributed by atoms with Crippen LogP contribution in [-0.4, -0.2) is 30.6 Å². The molecule has 9 nitrogen and oxygen atoms in total. The van der Waals surface area contributed by atoms with Gasteiger partial charge in [-0.15, -0.1) is 10.2 Å². The molecule has 3 aromatic heterocycles. The lowest BCUT2D eigenvalue weighted by Crippen LogP contribution is -2.36. The molecule has 2 atom stereocenters. The summed E-state index contributed by atoms with van der Waals surface area (Å²) in [5, 5.41) is 14.8. The highest BCUT2D eigenvalue weighted by Crippen LogP contribution is 2.39. The van der Waals surface area contributed by atoms with E-state index in [-0.39, 0.29) is 29.0 Å². The summed E-state index contributed by atoms with van der Waals surface area (Å²) in [5.74, 6) is 2.87. The number of nitrogens with one attached hydrogen (secondary N) is 2. The minimum Gasteiger partial charge on any atom is -0.484 e. The van der Waals surface area contributed by atoms with Crippen molar-refractivity contribution < 1.29 is 9.53 Å². The van der Waals surface area contributed by atoms with Gasteiger partial charge < -0.3 is 10.1 Å². The Morgan fingerprint density at radius 2 is 1.73 bits per heavy atom. The van der Waals surface area contributed by atoms with E-state index < -0.39 is 0 Å². The van der Waals surface area contributed by atoms with Gasteiger partial charge in [0.05, 0.1) is 17.9 Å². The third-order valence-corrected chi connectivity index (χ3v) is 7.16. The van der Waals surface area contributed by atoms with E-state index in [4.69, 9.17) is 4.74 Å². The third kappa shape index (κ3) is 5.78. The van der Waals surface area contributed by atoms with Crippen LogP contribution in [0.4, 0.5) is 10.6 Å². The summed E-state index contributed by atoms with van der Waals surface area (Å²) in [6.07, 6.45) is 4.03. The summed E-state index contributed by atoms with van der Waals surface area (Å²) >= 11 is 0. The van der Waals surface area contributed by atoms with Crippen LogP contribution in [0.25, 0.3) is 5.65 Å². The molecule has 0 fully saturated rings. The number of ether oxygens (including phenoxy) is 1. The number of aromatic nitrogens is 5. The van der Waals surface area contributed by atoms with Crippen LogP contribution < -0.4 is 15.4 Å². The van der Waals surface area contributed by atoms with Crippen molar-refractivity contribution in [3.8, 4) is 5.75 Å². The Labute approximate surface area is 235 Å². The minimum atomic E-state index is -0.285. The first-order valence-corrected chi connectivity index (χ1v) is 14.0. The molecule has 5 rings (SSSR count). The second-order valence-corrected chi connectivity index (χ2v) is 12.5. The predicted octanol–water partition coefficient (Wildman–Crippen LogP) is 6.45. The number of hydrogen-bond donors (Lipinski definition) is 2. The molecule has 210 valence electrons. The van der Waals surface area contributed by atoms with Gasteiger partial charge in [-0.25, -0.2) is 14.8 Å². The molecule has 40 heavy (non-hydrogen) atoms. The van der Waals surface area contributed by atoms with Crippen LogP contribution in [0.15, 0.2) is 48.7 Å². The van der Waals surface area contributed by atoms with E-state index in [0.29, 0.717) is 18.1 Å². The molecule has 2 amide bonds. The first kappa shape index (κ1) is 27.6. The van der Waals surface area contributed by atoms with Crippen molar-refractivity contribution in [1.82, 2.24) is 29.9 Å². The van der Waals surface area contributed by atoms with Crippen molar-refractivity contribution in [3.63, 3.8) is 0 Å². The summed E-state index contributed by atoms with van der Waals surface area (Å²) in [7, 11) is 0. The van der Waals surface area contributed by atoms with Gasteiger partial charge in [-0.1, -0.05) is 72.7 Å². The van der Waals surface area contributed by atoms with Gasteiger partial charge in [-0.05, 0) is 36.1 Å². The number of aryl methyl sites for hydroxylation is 1. The van der Waals surface area contributed by atoms with Gasteiger partial charge in [-0.3, -0.25) is 9.72 Å². The third-order valence-electron chi connectivity index (χ3n) is 7.16. The standard InChI is InChI=1S/C31H39N7O2/c1-8-25-33-24(30(2,3)4)17-26(34-25)35-29(39)32-22-14-15-23(21-12-10-9-11-20(21)22)40-19-13-16-27-36-37-28(31(5,6)7)38(27)18-19/h9-13,16-18,22-23H,8,14-15H2,1-7H3,(H2,32,33,34,35,39)/t22-,23+/m0/s1. The van der Waals surface area contributed by atoms with Crippen LogP contribution in [-0.2, 0) is 17.3 Å². The van der Waals surface area contributed by atoms with E-state index in [1.54, 1.807) is 0 Å². The summed E-state index contributed by atoms with van der Waals surface area (Å²) in [4.78, 5) is 22.3. The summed E-state index contributed by atoms with van der Waals surface area (Å²) in [6.45, 7) is 14.7. The molecule has 0 saturated carbocycles. The highest BCUT2D eigenvalue weighted by molar-refractivity contribution is 5.88. The zero-order valence-electron chi connectivity index (χ0n) is 24.4. The quantitative estimate of drug-likeness (QED) is 0.301. The average Bonchev–Trinajstić information content (AvgIpc) is 3.33. The summed E-state index contributed by atoms with van der Waals surface area (Å²) in [5.41, 5.74) is 3.53. The van der Waals surface area contributed by atoms with E-state index in [1.807, 2.05) is 47.9 Å². The highest BCUT2D eigenvalue weighted by Gasteiger charge is 2.30. The van der Waals surface area contributed by atoms with E-state index in [9.17, 15) is 4.79 Å². The Morgan fingerprint density at radius 1 is 0.975 bits per heavy atom. The largest absolute Gasteiger partial charge is 0.484 e. The van der Waals surface area contributed by atoms with E-state index >= 15 is 0 Å². The van der Waals surface area contributed by atoms with Crippen LogP contribution in [0.3, 0.4) is 0 Å². The van der Waals surface area contributed by atoms with Crippen molar-refractivity contribution in [2.45, 2.75) is 90.7 Å². The molecule has 0 spiro atoms. The van der Waals surface area contributed by atoms with Gasteiger partial charge in [0.2, 0.25) is 0 Å². The zero-order chi connectivity index (χ0) is 28.7. The fraction of sp³-hybridized carbons (Fsp3) is 0.452. The first-order chi connectivity index (χ1) is 18.9. The normalized spacial score (nSPS) is 17.4. The molecule has 4 aromatic rings. The predicted molar refractivity (Wildman–Crippen MR) is 156 cm³/mol. The molecule has 0 radical (unpaired) electrons. The maximum Gasteiger partial charge on any atom is 0.320 e. The number of anilines is 1. The van der Waals surface area contributed by atoms with Crippen LogP contribution in [0.1, 0.15) is 102 Å². The Balaban J connectivity index is 1.33. The number of urea groups is 1. The maximum absolute atomic E-state index is 13.1. The topological polar surface area (TPSA) is 106 Å². The Morgan fingerprint density at radius 3 is 2.42 bits per heavy atom. The number of benzene rings is 1. The molecule has 2 N–H and O–H groups in total. The molecular weight excluding hydrogens is 502 g/mol. The number of amides is 2. The number of fused-ring (bicyclic) bond motifs is 2. The molecule has 0 aliphatic heterocycles. The smallest absolute Gasteiger partial charge is 0.320 e. The second-order valence-electron chi connectivity index (χ2n) is 12.5. The van der Waals surface area contributed by atoms with E-state index in [1.165, 1.54) is 0 Å². The van der Waals surface area contributed by atoms with Crippen LogP contribution >= 0.6 is 0 Å². The van der Waals surface area contributed by atoms with Crippen molar-refractivity contribution >= 4 is 17.5 Å². The maximum atomic E-state index is 13.1. The number of nitrogens with zero attached hydrogens (tertiary/aromatic N) is 5. The van der Waals surface area contributed by atoms with Crippen LogP contribution in [0.2, 0.25) is 0 Å². The lowest BCUT2D eigenvalue weighted by atomic mass is 9.85. The van der Waals surface area contributed by atoms with E-state index in [0.717, 1.165) is 46.9 Å². The molecule has 9 heteroatoms. The molecule has 3 heterocycles. The fourth-order valence-corrected chi connectivity index (χ4v) is 5.05. The van der Waals surface area contributed by atoms with Crippen LogP contribution in [0, 0.1) is 0 Å². The number of carbonyl (C=O) groups excluding carboxylic acids is 1. The Kier molecular flexibility index (Phi) is 7.25. The van der Waals surface area contributed by atoms with Crippen molar-refractivity contribution in [1.29, 1.82) is 0 Å². The molecule has 0 unspecified atom stereocenters. The number of pyridine rings is 1. The van der Waals surface area contributed by atoms with Gasteiger partial charge in [0, 0.05) is 23.3 Å². The Hall–Kier alpha value is -4.01. The van der Waals surface area contributed by atoms with Gasteiger partial charge in [0.1, 0.15) is 29.3 Å². The number of carbonyl (C=O) groups is 1. The first-order valence-electron chi connectivity index (χ1n) is 14.0. The highest BCUT2D eigenvalue weighted by atomic mass is 16.5. The van der Waals surface area contributed by atoms with Gasteiger partial charge >= 0.3 is 6.03 Å². The number of hydrogen-bond acceptors (Lipinski definition) is 6. The summed E-state index contributed by atoms with van der Waals surface area (Å²) in [6, 6.07) is 13.5. The number of rotatable bonds is 5. The average molecular weight is 542 g/mol. The molecule has 1 aliphatic carbocycles. The van der Waals surface area contributed by atoms with Gasteiger partial charge in [0.15, 0.2) is 5.65 Å². The molecule has 1 aliphatic rings. The summed E-state index contributed by atoms with van der Waals surface area (Å²) < 4.78 is 8.53. The molecule has 1 aromatic carbocycles. The monoisotopic (exact) mass is 541 g/mol. The van der Waals surface area contributed by atoms with Gasteiger partial charge in [-0.2, -0.15) is 0 Å². The molecule has 0 bridgehead atoms. The van der Waals surface area contributed by atoms with E-state index in [2.05, 4.69) is 84.5 Å². The lowest BCUT2D eigenvalue weighted by Gasteiger charge is -2.32. The second kappa shape index (κ2) is 10.5. The van der Waals surface area contributed by atoms with Gasteiger partial charge in [0.25, 0.3) is 0 Å². The minimum absolute atomic E-state index is 0.132. The van der Waals surface area contributed by atoms with Crippen molar-refractivity contribution in [2.75, 3.05) is 5.32 Å². The SMILES string of the molecule is CCc1nc(NC(=O)N[C@H]2CC[C@@H](Oc3ccc4nnc(C(C)(C)C)n4c3)c3ccccc32)cc(C(C)(C)C)n1.